The van der Waals surface area contributed by atoms with Gasteiger partial charge < -0.3 is 30.7 Å². The van der Waals surface area contributed by atoms with Gasteiger partial charge in [-0.1, -0.05) is 18.2 Å². The van der Waals surface area contributed by atoms with E-state index in [1.165, 1.54) is 6.92 Å². The number of carbonyl (C=O) groups excluding carboxylic acids is 2. The average Bonchev–Trinajstić information content (AvgIpc) is 2.59. The van der Waals surface area contributed by atoms with Crippen molar-refractivity contribution in [2.45, 2.75) is 31.3 Å². The summed E-state index contributed by atoms with van der Waals surface area (Å²) < 4.78 is 5.27. The first kappa shape index (κ1) is 18.6. The molecule has 1 saturated heterocycles. The van der Waals surface area contributed by atoms with Crippen molar-refractivity contribution >= 4 is 23.5 Å². The van der Waals surface area contributed by atoms with Crippen LogP contribution in [0.5, 0.6) is 0 Å². The Labute approximate surface area is 143 Å². The van der Waals surface area contributed by atoms with Crippen LogP contribution in [0.25, 0.3) is 0 Å². The maximum Gasteiger partial charge on any atom is 0.339 e. The van der Waals surface area contributed by atoms with Crippen molar-refractivity contribution in [1.82, 2.24) is 10.7 Å². The minimum atomic E-state index is -1.47. The number of ether oxygens (including phenoxy) is 1. The van der Waals surface area contributed by atoms with Crippen molar-refractivity contribution in [3.63, 3.8) is 0 Å². The van der Waals surface area contributed by atoms with Gasteiger partial charge in [0.2, 0.25) is 11.8 Å². The van der Waals surface area contributed by atoms with Gasteiger partial charge in [-0.3, -0.25) is 4.79 Å². The van der Waals surface area contributed by atoms with E-state index >= 15 is 0 Å². The second-order valence-corrected chi connectivity index (χ2v) is 5.38. The van der Waals surface area contributed by atoms with Gasteiger partial charge in [0.05, 0.1) is 6.61 Å². The lowest BCUT2D eigenvalue weighted by molar-refractivity contribution is -0.125. The molecule has 0 unspecified atom stereocenters. The molecule has 1 aromatic carbocycles. The molecule has 0 saturated carbocycles. The maximum absolute atomic E-state index is 11.8. The number of nitrogens with zero attached hydrogens (tertiary/aromatic N) is 1. The molecule has 1 aromatic rings. The van der Waals surface area contributed by atoms with Crippen molar-refractivity contribution in [3.05, 3.63) is 30.3 Å². The van der Waals surface area contributed by atoms with Gasteiger partial charge in [-0.2, -0.15) is 0 Å². The molecule has 3 amide bonds. The molecule has 4 atom stereocenters. The van der Waals surface area contributed by atoms with Crippen LogP contribution in [0.4, 0.5) is 10.5 Å². The van der Waals surface area contributed by atoms with Gasteiger partial charge in [-0.15, -0.1) is 5.10 Å². The summed E-state index contributed by atoms with van der Waals surface area (Å²) in [5.74, 6) is -0.737. The van der Waals surface area contributed by atoms with Gasteiger partial charge in [0.25, 0.3) is 0 Å². The fraction of sp³-hybridized carbons (Fsp3) is 0.400. The molecule has 0 aromatic heterocycles. The molecular formula is C15H20N4O6. The van der Waals surface area contributed by atoms with Gasteiger partial charge >= 0.3 is 6.03 Å². The fourth-order valence-corrected chi connectivity index (χ4v) is 2.25. The van der Waals surface area contributed by atoms with E-state index in [0.717, 1.165) is 0 Å². The first-order valence-electron chi connectivity index (χ1n) is 7.52. The molecule has 1 heterocycles. The lowest BCUT2D eigenvalue weighted by Crippen LogP contribution is -2.62. The highest BCUT2D eigenvalue weighted by Gasteiger charge is 2.43. The monoisotopic (exact) mass is 352 g/mol. The van der Waals surface area contributed by atoms with Crippen LogP contribution in [0.1, 0.15) is 6.92 Å². The Morgan fingerprint density at radius 2 is 1.88 bits per heavy atom. The summed E-state index contributed by atoms with van der Waals surface area (Å²) in [7, 11) is 0. The number of aliphatic hydroxyl groups excluding tert-OH is 3. The minimum absolute atomic E-state index is 0.240. The molecule has 10 heteroatoms. The summed E-state index contributed by atoms with van der Waals surface area (Å²) in [6.45, 7) is 0.630. The highest BCUT2D eigenvalue weighted by atomic mass is 16.5. The minimum Gasteiger partial charge on any atom is -0.470 e. The SMILES string of the molecule is CC(=O)N[C@H]1/C(=N/NC(=O)Nc2ccccc2)O[C@H](CO)[C@@H](O)[C@@H]1O. The van der Waals surface area contributed by atoms with Crippen molar-refractivity contribution in [1.29, 1.82) is 0 Å². The van der Waals surface area contributed by atoms with E-state index in [2.05, 4.69) is 21.2 Å². The number of rotatable bonds is 4. The second kappa shape index (κ2) is 8.42. The van der Waals surface area contributed by atoms with Crippen LogP contribution < -0.4 is 16.1 Å². The zero-order valence-electron chi connectivity index (χ0n) is 13.4. The molecule has 0 radical (unpaired) electrons. The molecule has 1 aliphatic heterocycles. The Morgan fingerprint density at radius 3 is 2.48 bits per heavy atom. The number of urea groups is 1. The van der Waals surface area contributed by atoms with Gasteiger partial charge in [0.1, 0.15) is 18.2 Å². The number of hydrazone groups is 1. The Hall–Kier alpha value is -2.69. The molecule has 25 heavy (non-hydrogen) atoms. The predicted molar refractivity (Wildman–Crippen MR) is 87.6 cm³/mol. The summed E-state index contributed by atoms with van der Waals surface area (Å²) in [5.41, 5.74) is 2.71. The number of para-hydroxylation sites is 1. The summed E-state index contributed by atoms with van der Waals surface area (Å²) in [6, 6.07) is 6.76. The largest absolute Gasteiger partial charge is 0.470 e. The summed E-state index contributed by atoms with van der Waals surface area (Å²) in [4.78, 5) is 23.1. The van der Waals surface area contributed by atoms with Gasteiger partial charge in [-0.25, -0.2) is 10.2 Å². The van der Waals surface area contributed by atoms with Crippen LogP contribution in [-0.4, -0.2) is 64.1 Å². The van der Waals surface area contributed by atoms with Gasteiger partial charge in [0.15, 0.2) is 6.10 Å². The molecule has 0 aliphatic carbocycles. The molecule has 6 N–H and O–H groups in total. The molecule has 136 valence electrons. The summed E-state index contributed by atoms with van der Waals surface area (Å²) in [6.07, 6.45) is -4.04. The van der Waals surface area contributed by atoms with Crippen molar-refractivity contribution in [2.75, 3.05) is 11.9 Å². The van der Waals surface area contributed by atoms with Gasteiger partial charge in [-0.05, 0) is 12.1 Å². The molecule has 0 spiro atoms. The van der Waals surface area contributed by atoms with Crippen molar-refractivity contribution in [2.24, 2.45) is 5.10 Å². The maximum atomic E-state index is 11.8. The van der Waals surface area contributed by atoms with E-state index < -0.39 is 42.9 Å². The number of hydrogen-bond acceptors (Lipinski definition) is 7. The Bertz CT molecular complexity index is 638. The van der Waals surface area contributed by atoms with E-state index in [1.54, 1.807) is 30.3 Å². The lowest BCUT2D eigenvalue weighted by atomic mass is 9.97. The third kappa shape index (κ3) is 4.89. The number of benzene rings is 1. The highest BCUT2D eigenvalue weighted by molar-refractivity contribution is 5.92. The van der Waals surface area contributed by atoms with Crippen molar-refractivity contribution < 1.29 is 29.6 Å². The molecular weight excluding hydrogens is 332 g/mol. The standard InChI is InChI=1S/C15H20N4O6/c1-8(21)16-11-13(23)12(22)10(7-20)25-14(11)18-19-15(24)17-9-5-3-2-4-6-9/h2-6,10-13,20,22-23H,7H2,1H3,(H,16,21)(H2,17,19,24)/b18-14-/t10-,11-,12-,13-/m1/s1. The van der Waals surface area contributed by atoms with Crippen LogP contribution in [-0.2, 0) is 9.53 Å². The zero-order chi connectivity index (χ0) is 18.4. The van der Waals surface area contributed by atoms with E-state index in [9.17, 15) is 24.9 Å². The van der Waals surface area contributed by atoms with Crippen molar-refractivity contribution in [3.8, 4) is 0 Å². The predicted octanol–water partition coefficient (Wildman–Crippen LogP) is -1.26. The highest BCUT2D eigenvalue weighted by Crippen LogP contribution is 2.17. The first-order chi connectivity index (χ1) is 11.9. The van der Waals surface area contributed by atoms with Crippen LogP contribution in [0.3, 0.4) is 0 Å². The summed E-state index contributed by atoms with van der Waals surface area (Å²) >= 11 is 0. The van der Waals surface area contributed by atoms with E-state index in [0.29, 0.717) is 5.69 Å². The Morgan fingerprint density at radius 1 is 1.20 bits per heavy atom. The number of carbonyl (C=O) groups is 2. The smallest absolute Gasteiger partial charge is 0.339 e. The number of hydrogen-bond donors (Lipinski definition) is 6. The lowest BCUT2D eigenvalue weighted by Gasteiger charge is -2.37. The van der Waals surface area contributed by atoms with E-state index in [4.69, 9.17) is 4.74 Å². The third-order valence-electron chi connectivity index (χ3n) is 3.45. The van der Waals surface area contributed by atoms with Crippen LogP contribution in [0, 0.1) is 0 Å². The molecule has 1 fully saturated rings. The number of anilines is 1. The van der Waals surface area contributed by atoms with Crippen LogP contribution in [0.2, 0.25) is 0 Å². The Kier molecular flexibility index (Phi) is 6.28. The third-order valence-corrected chi connectivity index (χ3v) is 3.45. The molecule has 1 aliphatic rings. The number of aliphatic hydroxyl groups is 3. The van der Waals surface area contributed by atoms with Gasteiger partial charge in [0, 0.05) is 12.6 Å². The Balaban J connectivity index is 2.09. The molecule has 0 bridgehead atoms. The van der Waals surface area contributed by atoms with E-state index in [-0.39, 0.29) is 5.90 Å². The average molecular weight is 352 g/mol. The second-order valence-electron chi connectivity index (χ2n) is 5.38. The zero-order valence-corrected chi connectivity index (χ0v) is 13.4. The van der Waals surface area contributed by atoms with E-state index in [1.807, 2.05) is 0 Å². The van der Waals surface area contributed by atoms with Crippen LogP contribution in [0.15, 0.2) is 35.4 Å². The normalized spacial score (nSPS) is 27.3. The first-order valence-corrected chi connectivity index (χ1v) is 7.52. The quantitative estimate of drug-likeness (QED) is 0.372. The fourth-order valence-electron chi connectivity index (χ4n) is 2.25. The van der Waals surface area contributed by atoms with Crippen LogP contribution >= 0.6 is 0 Å². The molecule has 2 rings (SSSR count). The summed E-state index contributed by atoms with van der Waals surface area (Å²) in [5, 5.41) is 37.8. The molecule has 10 nitrogen and oxygen atoms in total. The topological polar surface area (TPSA) is 153 Å². The number of nitrogens with one attached hydrogen (secondary N) is 3. The number of amides is 3.